The second kappa shape index (κ2) is 12.3. The minimum Gasteiger partial charge on any atom is -0.486 e. The van der Waals surface area contributed by atoms with Crippen LogP contribution in [0.4, 0.5) is 17.2 Å². The lowest BCUT2D eigenvalue weighted by atomic mass is 10.1. The van der Waals surface area contributed by atoms with Gasteiger partial charge in [-0.15, -0.1) is 0 Å². The maximum Gasteiger partial charge on any atom is 0.247 e. The number of pyridine rings is 1. The van der Waals surface area contributed by atoms with Crippen LogP contribution in [0.15, 0.2) is 79.8 Å². The molecule has 0 unspecified atom stereocenters. The number of likely N-dealkylation sites (tertiary alicyclic amines) is 1. The molecule has 0 bridgehead atoms. The van der Waals surface area contributed by atoms with Gasteiger partial charge in [-0.3, -0.25) is 14.6 Å². The standard InChI is InChI=1S/C30H30ClN7O3/c1-4-28(39)38-16-22(37(2)3)15-26(38)30(40)36-19-8-10-25-23(13-19)29(34-18-33-25)35-20-9-11-27(24(31)14-20)41-17-21-7-5-6-12-32-21/h4-14,18,22,26H,1,15-17H2,2-3H3,(H,36,40)(H,33,34,35)/t22-,26+/m1/s1. The summed E-state index contributed by atoms with van der Waals surface area (Å²) in [6, 6.07) is 15.9. The van der Waals surface area contributed by atoms with E-state index in [0.29, 0.717) is 58.4 Å². The molecule has 210 valence electrons. The predicted octanol–water partition coefficient (Wildman–Crippen LogP) is 4.66. The van der Waals surface area contributed by atoms with Crippen LogP contribution in [0.3, 0.4) is 0 Å². The summed E-state index contributed by atoms with van der Waals surface area (Å²) in [5, 5.41) is 7.39. The molecular weight excluding hydrogens is 542 g/mol. The second-order valence-electron chi connectivity index (χ2n) is 9.89. The van der Waals surface area contributed by atoms with E-state index in [-0.39, 0.29) is 17.9 Å². The molecule has 10 nitrogen and oxygen atoms in total. The summed E-state index contributed by atoms with van der Waals surface area (Å²) in [5.74, 6) is 0.553. The molecule has 1 aliphatic heterocycles. The highest BCUT2D eigenvalue weighted by atomic mass is 35.5. The van der Waals surface area contributed by atoms with Crippen molar-refractivity contribution in [3.63, 3.8) is 0 Å². The fraction of sp³-hybridized carbons (Fsp3) is 0.233. The quantitative estimate of drug-likeness (QED) is 0.279. The number of amides is 2. The monoisotopic (exact) mass is 571 g/mol. The maximum absolute atomic E-state index is 13.3. The Bertz CT molecular complexity index is 1580. The normalized spacial score (nSPS) is 16.5. The molecule has 5 rings (SSSR count). The summed E-state index contributed by atoms with van der Waals surface area (Å²) >= 11 is 6.50. The Kier molecular flexibility index (Phi) is 8.42. The number of hydrogen-bond donors (Lipinski definition) is 2. The van der Waals surface area contributed by atoms with Gasteiger partial charge in [-0.05, 0) is 75.1 Å². The molecule has 4 aromatic rings. The molecule has 2 amide bonds. The first-order valence-corrected chi connectivity index (χ1v) is 13.4. The van der Waals surface area contributed by atoms with Gasteiger partial charge in [0.15, 0.2) is 0 Å². The van der Waals surface area contributed by atoms with E-state index < -0.39 is 6.04 Å². The zero-order valence-corrected chi connectivity index (χ0v) is 23.5. The van der Waals surface area contributed by atoms with Crippen molar-refractivity contribution in [2.24, 2.45) is 0 Å². The van der Waals surface area contributed by atoms with E-state index in [0.717, 1.165) is 5.69 Å². The third-order valence-electron chi connectivity index (χ3n) is 6.97. The Balaban J connectivity index is 1.32. The fourth-order valence-electron chi connectivity index (χ4n) is 4.72. The van der Waals surface area contributed by atoms with Gasteiger partial charge in [-0.2, -0.15) is 0 Å². The Morgan fingerprint density at radius 1 is 1.12 bits per heavy atom. The van der Waals surface area contributed by atoms with Crippen molar-refractivity contribution < 1.29 is 14.3 Å². The highest BCUT2D eigenvalue weighted by molar-refractivity contribution is 6.32. The van der Waals surface area contributed by atoms with Gasteiger partial charge in [-0.25, -0.2) is 9.97 Å². The Labute approximate surface area is 243 Å². The topological polar surface area (TPSA) is 113 Å². The molecule has 2 aromatic heterocycles. The number of nitrogens with one attached hydrogen (secondary N) is 2. The number of carbonyl (C=O) groups excluding carboxylic acids is 2. The number of rotatable bonds is 9. The third kappa shape index (κ3) is 6.45. The minimum atomic E-state index is -0.603. The molecule has 41 heavy (non-hydrogen) atoms. The molecule has 0 saturated carbocycles. The van der Waals surface area contributed by atoms with Crippen molar-refractivity contribution in [3.05, 3.63) is 90.5 Å². The van der Waals surface area contributed by atoms with Gasteiger partial charge < -0.3 is 25.2 Å². The number of aromatic nitrogens is 3. The van der Waals surface area contributed by atoms with E-state index in [4.69, 9.17) is 16.3 Å². The van der Waals surface area contributed by atoms with Gasteiger partial charge in [0.05, 0.1) is 16.2 Å². The molecule has 1 fully saturated rings. The second-order valence-corrected chi connectivity index (χ2v) is 10.3. The Morgan fingerprint density at radius 3 is 2.68 bits per heavy atom. The number of halogens is 1. The van der Waals surface area contributed by atoms with Gasteiger partial charge in [-0.1, -0.05) is 24.2 Å². The SMILES string of the molecule is C=CC(=O)N1C[C@H](N(C)C)C[C@H]1C(=O)Nc1ccc2ncnc(Nc3ccc(OCc4ccccn4)c(Cl)c3)c2c1. The Morgan fingerprint density at radius 2 is 1.95 bits per heavy atom. The van der Waals surface area contributed by atoms with Crippen molar-refractivity contribution >= 4 is 51.5 Å². The van der Waals surface area contributed by atoms with Crippen LogP contribution in [0.5, 0.6) is 5.75 Å². The average molecular weight is 572 g/mol. The van der Waals surface area contributed by atoms with E-state index in [1.165, 1.54) is 12.4 Å². The lowest BCUT2D eigenvalue weighted by Crippen LogP contribution is -2.42. The summed E-state index contributed by atoms with van der Waals surface area (Å²) in [6.45, 7) is 4.35. The van der Waals surface area contributed by atoms with Crippen LogP contribution in [-0.4, -0.2) is 69.3 Å². The van der Waals surface area contributed by atoms with Crippen molar-refractivity contribution in [3.8, 4) is 5.75 Å². The first-order chi connectivity index (χ1) is 19.8. The summed E-state index contributed by atoms with van der Waals surface area (Å²) in [7, 11) is 3.88. The predicted molar refractivity (Wildman–Crippen MR) is 159 cm³/mol. The van der Waals surface area contributed by atoms with Crippen LogP contribution >= 0.6 is 11.6 Å². The van der Waals surface area contributed by atoms with E-state index in [2.05, 4.69) is 32.2 Å². The number of hydrogen-bond acceptors (Lipinski definition) is 8. The highest BCUT2D eigenvalue weighted by Crippen LogP contribution is 2.32. The summed E-state index contributed by atoms with van der Waals surface area (Å²) < 4.78 is 5.82. The number of anilines is 3. The first-order valence-electron chi connectivity index (χ1n) is 13.1. The van der Waals surface area contributed by atoms with Crippen molar-refractivity contribution in [1.82, 2.24) is 24.8 Å². The number of fused-ring (bicyclic) bond motifs is 1. The molecule has 2 N–H and O–H groups in total. The van der Waals surface area contributed by atoms with E-state index in [1.54, 1.807) is 35.4 Å². The Hall–Kier alpha value is -4.54. The molecule has 11 heteroatoms. The zero-order chi connectivity index (χ0) is 28.9. The fourth-order valence-corrected chi connectivity index (χ4v) is 4.96. The van der Waals surface area contributed by atoms with Gasteiger partial charge in [0.2, 0.25) is 11.8 Å². The van der Waals surface area contributed by atoms with Crippen LogP contribution in [0.2, 0.25) is 5.02 Å². The summed E-state index contributed by atoms with van der Waals surface area (Å²) in [4.78, 5) is 42.4. The molecule has 1 aliphatic rings. The number of ether oxygens (including phenoxy) is 1. The molecule has 0 aliphatic carbocycles. The molecule has 2 atom stereocenters. The van der Waals surface area contributed by atoms with Gasteiger partial charge in [0, 0.05) is 35.5 Å². The van der Waals surface area contributed by atoms with E-state index in [1.807, 2.05) is 49.3 Å². The van der Waals surface area contributed by atoms with Crippen molar-refractivity contribution in [2.75, 3.05) is 31.3 Å². The van der Waals surface area contributed by atoms with Crippen LogP contribution in [-0.2, 0) is 16.2 Å². The molecule has 2 aromatic carbocycles. The maximum atomic E-state index is 13.3. The largest absolute Gasteiger partial charge is 0.486 e. The number of likely N-dealkylation sites (N-methyl/N-ethyl adjacent to an activating group) is 1. The van der Waals surface area contributed by atoms with E-state index >= 15 is 0 Å². The van der Waals surface area contributed by atoms with Crippen LogP contribution in [0, 0.1) is 0 Å². The molecule has 0 radical (unpaired) electrons. The summed E-state index contributed by atoms with van der Waals surface area (Å²) in [5.41, 5.74) is 2.76. The van der Waals surface area contributed by atoms with Gasteiger partial charge in [0.25, 0.3) is 0 Å². The molecule has 0 spiro atoms. The highest BCUT2D eigenvalue weighted by Gasteiger charge is 2.39. The minimum absolute atomic E-state index is 0.0778. The lowest BCUT2D eigenvalue weighted by molar-refractivity contribution is -0.132. The third-order valence-corrected chi connectivity index (χ3v) is 7.26. The molecule has 3 heterocycles. The lowest BCUT2D eigenvalue weighted by Gasteiger charge is -2.22. The molecule has 1 saturated heterocycles. The van der Waals surface area contributed by atoms with Crippen LogP contribution in [0.25, 0.3) is 10.9 Å². The van der Waals surface area contributed by atoms with Crippen LogP contribution < -0.4 is 15.4 Å². The van der Waals surface area contributed by atoms with Gasteiger partial charge >= 0.3 is 0 Å². The first kappa shape index (κ1) is 28.0. The molecular formula is C30H30ClN7O3. The van der Waals surface area contributed by atoms with Gasteiger partial charge in [0.1, 0.15) is 30.5 Å². The van der Waals surface area contributed by atoms with Crippen LogP contribution in [0.1, 0.15) is 12.1 Å². The summed E-state index contributed by atoms with van der Waals surface area (Å²) in [6.07, 6.45) is 4.96. The smallest absolute Gasteiger partial charge is 0.247 e. The van der Waals surface area contributed by atoms with Crippen molar-refractivity contribution in [1.29, 1.82) is 0 Å². The average Bonchev–Trinajstić information content (AvgIpc) is 3.44. The van der Waals surface area contributed by atoms with E-state index in [9.17, 15) is 9.59 Å². The van der Waals surface area contributed by atoms with Crippen molar-refractivity contribution in [2.45, 2.75) is 25.1 Å². The number of carbonyl (C=O) groups is 2. The number of nitrogens with zero attached hydrogens (tertiary/aromatic N) is 5. The number of benzene rings is 2. The zero-order valence-electron chi connectivity index (χ0n) is 22.8.